The molecule has 1 unspecified atom stereocenters. The number of aromatic nitrogens is 2. The van der Waals surface area contributed by atoms with Crippen LogP contribution in [0.3, 0.4) is 0 Å². The molecule has 0 aromatic carbocycles. The average molecular weight is 253 g/mol. The van der Waals surface area contributed by atoms with Gasteiger partial charge in [0.2, 0.25) is 0 Å². The number of nitrogens with zero attached hydrogens (tertiary/aromatic N) is 2. The molecule has 0 spiro atoms. The van der Waals surface area contributed by atoms with E-state index in [1.54, 1.807) is 0 Å². The van der Waals surface area contributed by atoms with Crippen LogP contribution in [0.2, 0.25) is 0 Å². The van der Waals surface area contributed by atoms with E-state index in [1.807, 2.05) is 6.92 Å². The molecule has 0 saturated heterocycles. The number of nitrogens with one attached hydrogen (secondary N) is 2. The molecule has 6 nitrogen and oxygen atoms in total. The summed E-state index contributed by atoms with van der Waals surface area (Å²) >= 11 is 0. The van der Waals surface area contributed by atoms with Crippen molar-refractivity contribution in [2.75, 3.05) is 17.3 Å². The largest absolute Gasteiger partial charge is 0.393 e. The Hall–Kier alpha value is -1.40. The number of nitrogen functional groups attached to an aromatic ring is 1. The zero-order chi connectivity index (χ0) is 13.5. The van der Waals surface area contributed by atoms with E-state index in [2.05, 4.69) is 34.6 Å². The molecule has 1 aromatic heterocycles. The Morgan fingerprint density at radius 1 is 1.33 bits per heavy atom. The van der Waals surface area contributed by atoms with Crippen LogP contribution in [0.5, 0.6) is 0 Å². The predicted molar refractivity (Wildman–Crippen MR) is 73.3 cm³/mol. The van der Waals surface area contributed by atoms with Gasteiger partial charge in [-0.25, -0.2) is 15.8 Å². The monoisotopic (exact) mass is 253 g/mol. The molecule has 0 aliphatic heterocycles. The molecular weight excluding hydrogens is 230 g/mol. The maximum atomic E-state index is 9.51. The summed E-state index contributed by atoms with van der Waals surface area (Å²) in [5.41, 5.74) is 3.55. The molecule has 1 heterocycles. The van der Waals surface area contributed by atoms with Gasteiger partial charge in [-0.1, -0.05) is 20.8 Å². The molecule has 0 aliphatic rings. The lowest BCUT2D eigenvalue weighted by molar-refractivity contribution is 0.164. The van der Waals surface area contributed by atoms with E-state index < -0.39 is 0 Å². The Bertz CT molecular complexity index is 369. The fourth-order valence-electron chi connectivity index (χ4n) is 1.76. The van der Waals surface area contributed by atoms with Gasteiger partial charge in [0.25, 0.3) is 0 Å². The van der Waals surface area contributed by atoms with E-state index in [9.17, 15) is 5.11 Å². The van der Waals surface area contributed by atoms with Gasteiger partial charge in [0, 0.05) is 12.1 Å². The molecule has 5 N–H and O–H groups in total. The number of hydrazine groups is 1. The number of hydrogen-bond acceptors (Lipinski definition) is 6. The molecule has 0 radical (unpaired) electrons. The fraction of sp³-hybridized carbons (Fsp3) is 0.667. The van der Waals surface area contributed by atoms with Crippen LogP contribution in [-0.2, 0) is 0 Å². The standard InChI is InChI=1S/C12H23N5O/c1-4-9(18)5-6-14-11-10(8(2)3)12(17-13)16-7-15-11/h7-9,18H,4-6,13H2,1-3H3,(H2,14,15,16,17). The minimum atomic E-state index is -0.269. The summed E-state index contributed by atoms with van der Waals surface area (Å²) in [5.74, 6) is 7.12. The number of rotatable bonds is 7. The van der Waals surface area contributed by atoms with Crippen LogP contribution in [0, 0.1) is 0 Å². The summed E-state index contributed by atoms with van der Waals surface area (Å²) in [7, 11) is 0. The van der Waals surface area contributed by atoms with E-state index in [4.69, 9.17) is 5.84 Å². The van der Waals surface area contributed by atoms with Crippen molar-refractivity contribution < 1.29 is 5.11 Å². The van der Waals surface area contributed by atoms with Crippen molar-refractivity contribution in [1.82, 2.24) is 9.97 Å². The summed E-state index contributed by atoms with van der Waals surface area (Å²) in [6.07, 6.45) is 2.66. The maximum absolute atomic E-state index is 9.51. The highest BCUT2D eigenvalue weighted by Crippen LogP contribution is 2.27. The van der Waals surface area contributed by atoms with Gasteiger partial charge in [-0.15, -0.1) is 0 Å². The normalized spacial score (nSPS) is 12.6. The van der Waals surface area contributed by atoms with Crippen molar-refractivity contribution in [2.45, 2.75) is 45.6 Å². The van der Waals surface area contributed by atoms with Crippen molar-refractivity contribution in [1.29, 1.82) is 0 Å². The van der Waals surface area contributed by atoms with Crippen LogP contribution in [0.4, 0.5) is 11.6 Å². The Labute approximate surface area is 108 Å². The quantitative estimate of drug-likeness (QED) is 0.434. The van der Waals surface area contributed by atoms with E-state index in [0.717, 1.165) is 17.8 Å². The summed E-state index contributed by atoms with van der Waals surface area (Å²) < 4.78 is 0. The average Bonchev–Trinajstić information content (AvgIpc) is 2.37. The third-order valence-corrected chi connectivity index (χ3v) is 2.84. The van der Waals surface area contributed by atoms with Crippen molar-refractivity contribution in [2.24, 2.45) is 5.84 Å². The smallest absolute Gasteiger partial charge is 0.148 e. The molecule has 6 heteroatoms. The van der Waals surface area contributed by atoms with Crippen LogP contribution in [0.15, 0.2) is 6.33 Å². The molecule has 0 saturated carbocycles. The first-order valence-electron chi connectivity index (χ1n) is 6.33. The highest BCUT2D eigenvalue weighted by atomic mass is 16.3. The lowest BCUT2D eigenvalue weighted by Crippen LogP contribution is -2.17. The van der Waals surface area contributed by atoms with Crippen molar-refractivity contribution in [3.8, 4) is 0 Å². The van der Waals surface area contributed by atoms with E-state index in [-0.39, 0.29) is 12.0 Å². The zero-order valence-electron chi connectivity index (χ0n) is 11.3. The summed E-state index contributed by atoms with van der Waals surface area (Å²) in [4.78, 5) is 8.33. The van der Waals surface area contributed by atoms with Crippen LogP contribution in [0.25, 0.3) is 0 Å². The summed E-state index contributed by atoms with van der Waals surface area (Å²) in [6, 6.07) is 0. The second-order valence-electron chi connectivity index (χ2n) is 4.56. The first-order chi connectivity index (χ1) is 8.60. The summed E-state index contributed by atoms with van der Waals surface area (Å²) in [6.45, 7) is 6.76. The SMILES string of the molecule is CCC(O)CCNc1ncnc(NN)c1C(C)C. The molecular formula is C12H23N5O. The van der Waals surface area contributed by atoms with Gasteiger partial charge < -0.3 is 15.8 Å². The third kappa shape index (κ3) is 3.82. The van der Waals surface area contributed by atoms with Gasteiger partial charge in [-0.3, -0.25) is 0 Å². The van der Waals surface area contributed by atoms with Crippen LogP contribution in [0.1, 0.15) is 45.1 Å². The van der Waals surface area contributed by atoms with Crippen molar-refractivity contribution in [3.63, 3.8) is 0 Å². The van der Waals surface area contributed by atoms with Crippen molar-refractivity contribution in [3.05, 3.63) is 11.9 Å². The molecule has 0 bridgehead atoms. The first-order valence-corrected chi connectivity index (χ1v) is 6.33. The van der Waals surface area contributed by atoms with Gasteiger partial charge in [-0.05, 0) is 18.8 Å². The van der Waals surface area contributed by atoms with Gasteiger partial charge in [0.15, 0.2) is 0 Å². The second kappa shape index (κ2) is 7.13. The maximum Gasteiger partial charge on any atom is 0.148 e. The van der Waals surface area contributed by atoms with E-state index in [0.29, 0.717) is 18.8 Å². The Morgan fingerprint density at radius 2 is 2.00 bits per heavy atom. The van der Waals surface area contributed by atoms with Crippen LogP contribution >= 0.6 is 0 Å². The second-order valence-corrected chi connectivity index (χ2v) is 4.56. The third-order valence-electron chi connectivity index (χ3n) is 2.84. The minimum Gasteiger partial charge on any atom is -0.393 e. The number of hydrogen-bond donors (Lipinski definition) is 4. The topological polar surface area (TPSA) is 96.1 Å². The molecule has 0 fully saturated rings. The molecule has 1 atom stereocenters. The lowest BCUT2D eigenvalue weighted by atomic mass is 10.0. The minimum absolute atomic E-state index is 0.260. The molecule has 0 amide bonds. The Morgan fingerprint density at radius 3 is 2.56 bits per heavy atom. The molecule has 102 valence electrons. The van der Waals surface area contributed by atoms with E-state index >= 15 is 0 Å². The summed E-state index contributed by atoms with van der Waals surface area (Å²) in [5, 5.41) is 12.7. The fourth-order valence-corrected chi connectivity index (χ4v) is 1.76. The number of anilines is 2. The van der Waals surface area contributed by atoms with Crippen LogP contribution in [-0.4, -0.2) is 27.7 Å². The Balaban J connectivity index is 2.75. The molecule has 18 heavy (non-hydrogen) atoms. The highest BCUT2D eigenvalue weighted by Gasteiger charge is 2.14. The number of nitrogens with two attached hydrogens (primary N) is 1. The first kappa shape index (κ1) is 14.7. The number of aliphatic hydroxyl groups is 1. The van der Waals surface area contributed by atoms with Crippen LogP contribution < -0.4 is 16.6 Å². The lowest BCUT2D eigenvalue weighted by Gasteiger charge is -2.17. The van der Waals surface area contributed by atoms with Gasteiger partial charge in [-0.2, -0.15) is 0 Å². The predicted octanol–water partition coefficient (Wildman–Crippen LogP) is 1.46. The highest BCUT2D eigenvalue weighted by molar-refractivity contribution is 5.58. The van der Waals surface area contributed by atoms with Gasteiger partial charge >= 0.3 is 0 Å². The zero-order valence-corrected chi connectivity index (χ0v) is 11.3. The Kier molecular flexibility index (Phi) is 5.80. The molecule has 1 rings (SSSR count). The van der Waals surface area contributed by atoms with E-state index in [1.165, 1.54) is 6.33 Å². The molecule has 1 aromatic rings. The van der Waals surface area contributed by atoms with Crippen molar-refractivity contribution >= 4 is 11.6 Å². The number of aliphatic hydroxyl groups excluding tert-OH is 1. The van der Waals surface area contributed by atoms with Gasteiger partial charge in [0.05, 0.1) is 6.10 Å². The van der Waals surface area contributed by atoms with Gasteiger partial charge in [0.1, 0.15) is 18.0 Å². The molecule has 0 aliphatic carbocycles.